The highest BCUT2D eigenvalue weighted by Gasteiger charge is 2.73. The van der Waals surface area contributed by atoms with E-state index in [1.54, 1.807) is 6.07 Å². The lowest BCUT2D eigenvalue weighted by atomic mass is 9.48. The molecule has 3 N–H and O–H groups in total. The van der Waals surface area contributed by atoms with Gasteiger partial charge in [0.1, 0.15) is 12.1 Å². The van der Waals surface area contributed by atoms with Crippen molar-refractivity contribution in [3.63, 3.8) is 0 Å². The highest BCUT2D eigenvalue weighted by atomic mass is 16.5. The number of carboxylic acid groups (broad SMARTS) is 1. The summed E-state index contributed by atoms with van der Waals surface area (Å²) >= 11 is 0. The number of nitrogens with zero attached hydrogens (tertiary/aromatic N) is 1. The van der Waals surface area contributed by atoms with Gasteiger partial charge in [-0.1, -0.05) is 19.9 Å². The fourth-order valence-corrected chi connectivity index (χ4v) is 7.28. The SMILES string of the molecule is CO[C@@]12CC[C@H](N[C@@H](CC(C)C)C(=O)O)[C@@H]3Oc4c(O)ccc5c4[C@@]31CCN(C)C2C5. The minimum absolute atomic E-state index is 0.120. The summed E-state index contributed by atoms with van der Waals surface area (Å²) in [6.07, 6.45) is 3.63. The van der Waals surface area contributed by atoms with Crippen LogP contribution in [-0.2, 0) is 21.4 Å². The van der Waals surface area contributed by atoms with E-state index in [0.29, 0.717) is 12.2 Å². The summed E-state index contributed by atoms with van der Waals surface area (Å²) in [4.78, 5) is 14.4. The smallest absolute Gasteiger partial charge is 0.320 e. The van der Waals surface area contributed by atoms with E-state index in [1.165, 1.54) is 5.56 Å². The molecule has 31 heavy (non-hydrogen) atoms. The molecule has 1 spiro atoms. The number of rotatable bonds is 6. The predicted molar refractivity (Wildman–Crippen MR) is 116 cm³/mol. The van der Waals surface area contributed by atoms with Gasteiger partial charge in [-0.3, -0.25) is 10.1 Å². The van der Waals surface area contributed by atoms with Crippen molar-refractivity contribution in [2.24, 2.45) is 5.92 Å². The molecule has 0 radical (unpaired) electrons. The first kappa shape index (κ1) is 21.0. The molecule has 2 heterocycles. The third-order valence-corrected chi connectivity index (χ3v) is 8.47. The number of phenolic OH excluding ortho intramolecular Hbond substituents is 1. The van der Waals surface area contributed by atoms with E-state index in [-0.39, 0.29) is 29.9 Å². The van der Waals surface area contributed by atoms with Crippen LogP contribution in [0, 0.1) is 5.92 Å². The standard InChI is InChI=1S/C24H34N2O5/c1-13(2)11-16(22(28)29)25-15-7-8-24(30-4)18-12-14-5-6-17(27)20-19(14)23(24,21(15)31-20)9-10-26(18)3/h5-6,13,15-16,18,21,25,27H,7-12H2,1-4H3,(H,28,29)/t15-,16-,18?,21-,23-,24+/m0/s1. The Bertz CT molecular complexity index is 904. The molecule has 1 saturated carbocycles. The van der Waals surface area contributed by atoms with E-state index < -0.39 is 23.0 Å². The summed E-state index contributed by atoms with van der Waals surface area (Å²) in [5, 5.41) is 24.0. The molecule has 1 aromatic carbocycles. The van der Waals surface area contributed by atoms with Gasteiger partial charge in [0.05, 0.1) is 11.0 Å². The first-order valence-corrected chi connectivity index (χ1v) is 11.5. The van der Waals surface area contributed by atoms with Crippen molar-refractivity contribution in [3.8, 4) is 11.5 Å². The molecule has 0 aromatic heterocycles. The minimum atomic E-state index is -0.821. The third kappa shape index (κ3) is 2.66. The lowest BCUT2D eigenvalue weighted by Gasteiger charge is -2.65. The molecule has 1 aromatic rings. The lowest BCUT2D eigenvalue weighted by molar-refractivity contribution is -0.204. The van der Waals surface area contributed by atoms with Crippen LogP contribution in [0.5, 0.6) is 11.5 Å². The fraction of sp³-hybridized carbons (Fsp3) is 0.708. The van der Waals surface area contributed by atoms with Gasteiger partial charge in [-0.2, -0.15) is 0 Å². The number of phenols is 1. The van der Waals surface area contributed by atoms with Gasteiger partial charge in [0.2, 0.25) is 0 Å². The molecular formula is C24H34N2O5. The molecule has 2 bridgehead atoms. The zero-order valence-corrected chi connectivity index (χ0v) is 18.9. The maximum Gasteiger partial charge on any atom is 0.320 e. The molecule has 7 heteroatoms. The third-order valence-electron chi connectivity index (χ3n) is 8.47. The number of likely N-dealkylation sites (N-methyl/N-ethyl adjacent to an activating group) is 1. The molecule has 2 fully saturated rings. The Balaban J connectivity index is 1.62. The Kier molecular flexibility index (Phi) is 4.81. The second-order valence-electron chi connectivity index (χ2n) is 10.3. The number of benzene rings is 1. The van der Waals surface area contributed by atoms with Gasteiger partial charge in [-0.25, -0.2) is 0 Å². The van der Waals surface area contributed by atoms with Crippen LogP contribution in [0.4, 0.5) is 0 Å². The van der Waals surface area contributed by atoms with Gasteiger partial charge in [0.15, 0.2) is 11.5 Å². The lowest BCUT2D eigenvalue weighted by Crippen LogP contribution is -2.78. The molecule has 4 aliphatic rings. The van der Waals surface area contributed by atoms with Crippen molar-refractivity contribution in [1.29, 1.82) is 0 Å². The zero-order valence-electron chi connectivity index (χ0n) is 18.9. The van der Waals surface area contributed by atoms with Gasteiger partial charge in [-0.05, 0) is 63.2 Å². The van der Waals surface area contributed by atoms with E-state index in [2.05, 4.69) is 17.3 Å². The topological polar surface area (TPSA) is 91.3 Å². The van der Waals surface area contributed by atoms with Crippen molar-refractivity contribution in [2.45, 2.75) is 81.2 Å². The maximum atomic E-state index is 12.0. The highest BCUT2D eigenvalue weighted by molar-refractivity contribution is 5.73. The zero-order chi connectivity index (χ0) is 22.1. The number of carbonyl (C=O) groups is 1. The van der Waals surface area contributed by atoms with E-state index in [1.807, 2.05) is 27.0 Å². The van der Waals surface area contributed by atoms with Crippen molar-refractivity contribution in [1.82, 2.24) is 10.2 Å². The van der Waals surface area contributed by atoms with Crippen molar-refractivity contribution < 1.29 is 24.5 Å². The molecule has 170 valence electrons. The predicted octanol–water partition coefficient (Wildman–Crippen LogP) is 2.29. The Labute approximate surface area is 183 Å². The number of nitrogens with one attached hydrogen (secondary N) is 1. The summed E-state index contributed by atoms with van der Waals surface area (Å²) in [6.45, 7) is 5.01. The van der Waals surface area contributed by atoms with Gasteiger partial charge >= 0.3 is 5.97 Å². The molecule has 7 nitrogen and oxygen atoms in total. The van der Waals surface area contributed by atoms with Crippen molar-refractivity contribution in [2.75, 3.05) is 20.7 Å². The van der Waals surface area contributed by atoms with Crippen LogP contribution in [-0.4, -0.2) is 71.6 Å². The number of carboxylic acids is 1. The van der Waals surface area contributed by atoms with Crippen LogP contribution in [0.3, 0.4) is 0 Å². The summed E-state index contributed by atoms with van der Waals surface area (Å²) in [7, 11) is 3.98. The number of methoxy groups -OCH3 is 1. The van der Waals surface area contributed by atoms with Crippen molar-refractivity contribution in [3.05, 3.63) is 23.3 Å². The molecule has 5 rings (SSSR count). The molecule has 1 saturated heterocycles. The number of piperidine rings is 1. The summed E-state index contributed by atoms with van der Waals surface area (Å²) < 4.78 is 13.0. The number of likely N-dealkylation sites (tertiary alicyclic amines) is 1. The van der Waals surface area contributed by atoms with Crippen LogP contribution >= 0.6 is 0 Å². The second-order valence-corrected chi connectivity index (χ2v) is 10.3. The molecular weight excluding hydrogens is 396 g/mol. The number of aliphatic carboxylic acids is 1. The van der Waals surface area contributed by atoms with Crippen LogP contribution in [0.1, 0.15) is 50.7 Å². The average molecular weight is 431 g/mol. The van der Waals surface area contributed by atoms with Gasteiger partial charge < -0.3 is 24.6 Å². The van der Waals surface area contributed by atoms with E-state index in [4.69, 9.17) is 9.47 Å². The highest BCUT2D eigenvalue weighted by Crippen LogP contribution is 2.66. The Morgan fingerprint density at radius 3 is 2.84 bits per heavy atom. The Morgan fingerprint density at radius 2 is 2.16 bits per heavy atom. The number of ether oxygens (including phenoxy) is 2. The fourth-order valence-electron chi connectivity index (χ4n) is 7.28. The molecule has 6 atom stereocenters. The summed E-state index contributed by atoms with van der Waals surface area (Å²) in [5.41, 5.74) is 1.52. The molecule has 0 amide bonds. The largest absolute Gasteiger partial charge is 0.504 e. The Hall–Kier alpha value is -1.83. The first-order valence-electron chi connectivity index (χ1n) is 11.5. The summed E-state index contributed by atoms with van der Waals surface area (Å²) in [6, 6.07) is 3.25. The summed E-state index contributed by atoms with van der Waals surface area (Å²) in [5.74, 6) is 0.198. The molecule has 2 aliphatic heterocycles. The Morgan fingerprint density at radius 1 is 1.39 bits per heavy atom. The van der Waals surface area contributed by atoms with E-state index in [9.17, 15) is 15.0 Å². The van der Waals surface area contributed by atoms with Crippen LogP contribution in [0.25, 0.3) is 0 Å². The van der Waals surface area contributed by atoms with Crippen molar-refractivity contribution >= 4 is 5.97 Å². The maximum absolute atomic E-state index is 12.0. The molecule has 2 aliphatic carbocycles. The van der Waals surface area contributed by atoms with Crippen LogP contribution in [0.15, 0.2) is 12.1 Å². The normalized spacial score (nSPS) is 36.7. The number of aromatic hydroxyl groups is 1. The monoisotopic (exact) mass is 430 g/mol. The van der Waals surface area contributed by atoms with Crippen LogP contribution in [0.2, 0.25) is 0 Å². The quantitative estimate of drug-likeness (QED) is 0.638. The van der Waals surface area contributed by atoms with Gasteiger partial charge in [-0.15, -0.1) is 0 Å². The van der Waals surface area contributed by atoms with E-state index in [0.717, 1.165) is 37.8 Å². The molecule has 1 unspecified atom stereocenters. The van der Waals surface area contributed by atoms with Crippen LogP contribution < -0.4 is 10.1 Å². The second kappa shape index (κ2) is 7.09. The average Bonchev–Trinajstić information content (AvgIpc) is 3.08. The van der Waals surface area contributed by atoms with Gasteiger partial charge in [0.25, 0.3) is 0 Å². The number of hydrogen-bond donors (Lipinski definition) is 3. The number of hydrogen-bond acceptors (Lipinski definition) is 6. The minimum Gasteiger partial charge on any atom is -0.504 e. The first-order chi connectivity index (χ1) is 14.7. The van der Waals surface area contributed by atoms with Gasteiger partial charge in [0, 0.05) is 24.8 Å². The van der Waals surface area contributed by atoms with E-state index >= 15 is 0 Å².